The molecule has 3 rings (SSSR count). The van der Waals surface area contributed by atoms with Gasteiger partial charge in [-0.25, -0.2) is 4.98 Å². The standard InChI is InChI=1S/C17H26N4O3S/c22-17(19-14-21-7-11-24-12-8-21)15(13-20-5-9-23-10-6-20)25-16-3-1-2-4-18-16/h1-4,15H,5-14H2,(H,19,22). The molecule has 0 bridgehead atoms. The number of carbonyl (C=O) groups is 1. The third kappa shape index (κ3) is 6.23. The van der Waals surface area contributed by atoms with Gasteiger partial charge in [-0.15, -0.1) is 0 Å². The van der Waals surface area contributed by atoms with E-state index in [-0.39, 0.29) is 11.2 Å². The summed E-state index contributed by atoms with van der Waals surface area (Å²) in [7, 11) is 0. The van der Waals surface area contributed by atoms with Gasteiger partial charge in [0.1, 0.15) is 5.25 Å². The Morgan fingerprint density at radius 2 is 1.80 bits per heavy atom. The van der Waals surface area contributed by atoms with Gasteiger partial charge in [0, 0.05) is 38.9 Å². The normalized spacial score (nSPS) is 21.0. The molecule has 8 heteroatoms. The Morgan fingerprint density at radius 3 is 2.44 bits per heavy atom. The quantitative estimate of drug-likeness (QED) is 0.695. The van der Waals surface area contributed by atoms with Gasteiger partial charge in [-0.3, -0.25) is 14.6 Å². The molecule has 1 aromatic heterocycles. The second kappa shape index (κ2) is 10.1. The van der Waals surface area contributed by atoms with Gasteiger partial charge in [0.25, 0.3) is 0 Å². The zero-order valence-electron chi connectivity index (χ0n) is 14.4. The maximum Gasteiger partial charge on any atom is 0.235 e. The first-order chi connectivity index (χ1) is 12.3. The van der Waals surface area contributed by atoms with E-state index in [1.807, 2.05) is 18.2 Å². The van der Waals surface area contributed by atoms with Gasteiger partial charge >= 0.3 is 0 Å². The van der Waals surface area contributed by atoms with E-state index < -0.39 is 0 Å². The van der Waals surface area contributed by atoms with E-state index in [0.717, 1.165) is 57.6 Å². The molecule has 2 fully saturated rings. The minimum atomic E-state index is -0.186. The van der Waals surface area contributed by atoms with Gasteiger partial charge in [-0.05, 0) is 12.1 Å². The number of nitrogens with one attached hydrogen (secondary N) is 1. The molecular formula is C17H26N4O3S. The summed E-state index contributed by atoms with van der Waals surface area (Å²) in [6, 6.07) is 5.79. The average molecular weight is 366 g/mol. The van der Waals surface area contributed by atoms with Crippen molar-refractivity contribution in [3.63, 3.8) is 0 Å². The number of ether oxygens (including phenoxy) is 2. The molecule has 1 N–H and O–H groups in total. The van der Waals surface area contributed by atoms with Crippen molar-refractivity contribution in [2.24, 2.45) is 0 Å². The molecule has 138 valence electrons. The Morgan fingerprint density at radius 1 is 1.12 bits per heavy atom. The van der Waals surface area contributed by atoms with Crippen LogP contribution in [0.25, 0.3) is 0 Å². The molecule has 2 aliphatic heterocycles. The predicted molar refractivity (Wildman–Crippen MR) is 96.5 cm³/mol. The van der Waals surface area contributed by atoms with E-state index in [1.54, 1.807) is 6.20 Å². The zero-order chi connectivity index (χ0) is 17.3. The lowest BCUT2D eigenvalue weighted by Crippen LogP contribution is -2.49. The van der Waals surface area contributed by atoms with Crippen molar-refractivity contribution >= 4 is 17.7 Å². The highest BCUT2D eigenvalue weighted by molar-refractivity contribution is 8.00. The molecule has 1 atom stereocenters. The number of pyridine rings is 1. The van der Waals surface area contributed by atoms with Crippen molar-refractivity contribution < 1.29 is 14.3 Å². The maximum atomic E-state index is 12.8. The largest absolute Gasteiger partial charge is 0.379 e. The van der Waals surface area contributed by atoms with Crippen LogP contribution in [0.1, 0.15) is 0 Å². The lowest BCUT2D eigenvalue weighted by Gasteiger charge is -2.31. The number of thioether (sulfide) groups is 1. The summed E-state index contributed by atoms with van der Waals surface area (Å²) in [5.41, 5.74) is 0. The number of hydrogen-bond donors (Lipinski definition) is 1. The first-order valence-corrected chi connectivity index (χ1v) is 9.65. The van der Waals surface area contributed by atoms with Gasteiger partial charge in [-0.2, -0.15) is 0 Å². The molecule has 0 saturated carbocycles. The number of nitrogens with zero attached hydrogens (tertiary/aromatic N) is 3. The van der Waals surface area contributed by atoms with Crippen LogP contribution < -0.4 is 5.32 Å². The van der Waals surface area contributed by atoms with Gasteiger partial charge in [0.05, 0.1) is 38.1 Å². The van der Waals surface area contributed by atoms with Gasteiger partial charge in [0.15, 0.2) is 0 Å². The van der Waals surface area contributed by atoms with Crippen LogP contribution in [0.5, 0.6) is 0 Å². The molecule has 3 heterocycles. The summed E-state index contributed by atoms with van der Waals surface area (Å²) in [6.45, 7) is 7.68. The van der Waals surface area contributed by atoms with Crippen LogP contribution in [-0.4, -0.2) is 91.8 Å². The van der Waals surface area contributed by atoms with E-state index in [2.05, 4.69) is 20.1 Å². The molecule has 1 unspecified atom stereocenters. The van der Waals surface area contributed by atoms with Gasteiger partial charge < -0.3 is 14.8 Å². The van der Waals surface area contributed by atoms with Crippen molar-refractivity contribution in [3.8, 4) is 0 Å². The number of hydrogen-bond acceptors (Lipinski definition) is 7. The molecule has 0 aliphatic carbocycles. The number of amides is 1. The summed E-state index contributed by atoms with van der Waals surface area (Å²) in [6.07, 6.45) is 1.76. The minimum absolute atomic E-state index is 0.0636. The van der Waals surface area contributed by atoms with E-state index in [9.17, 15) is 4.79 Å². The third-order valence-electron chi connectivity index (χ3n) is 4.30. The van der Waals surface area contributed by atoms with E-state index in [1.165, 1.54) is 11.8 Å². The molecule has 1 amide bonds. The Bertz CT molecular complexity index is 522. The fraction of sp³-hybridized carbons (Fsp3) is 0.647. The van der Waals surface area contributed by atoms with Crippen LogP contribution in [0.4, 0.5) is 0 Å². The van der Waals surface area contributed by atoms with Crippen LogP contribution >= 0.6 is 11.8 Å². The Hall–Kier alpha value is -1.19. The second-order valence-electron chi connectivity index (χ2n) is 6.12. The van der Waals surface area contributed by atoms with Crippen LogP contribution in [0.2, 0.25) is 0 Å². The summed E-state index contributed by atoms with van der Waals surface area (Å²) >= 11 is 1.53. The summed E-state index contributed by atoms with van der Waals surface area (Å²) in [5, 5.41) is 3.78. The minimum Gasteiger partial charge on any atom is -0.379 e. The van der Waals surface area contributed by atoms with Crippen molar-refractivity contribution in [1.29, 1.82) is 0 Å². The number of rotatable bonds is 7. The smallest absolute Gasteiger partial charge is 0.235 e. The second-order valence-corrected chi connectivity index (χ2v) is 7.34. The number of aromatic nitrogens is 1. The van der Waals surface area contributed by atoms with Gasteiger partial charge in [0.2, 0.25) is 5.91 Å². The molecule has 0 spiro atoms. The van der Waals surface area contributed by atoms with Crippen LogP contribution in [0.3, 0.4) is 0 Å². The Kier molecular flexibility index (Phi) is 7.50. The molecule has 2 saturated heterocycles. The van der Waals surface area contributed by atoms with Crippen LogP contribution in [-0.2, 0) is 14.3 Å². The summed E-state index contributed by atoms with van der Waals surface area (Å²) < 4.78 is 10.8. The summed E-state index contributed by atoms with van der Waals surface area (Å²) in [4.78, 5) is 21.6. The maximum absolute atomic E-state index is 12.8. The molecule has 2 aliphatic rings. The molecule has 7 nitrogen and oxygen atoms in total. The molecular weight excluding hydrogens is 340 g/mol. The molecule has 0 aromatic carbocycles. The van der Waals surface area contributed by atoms with Crippen molar-refractivity contribution in [2.75, 3.05) is 65.8 Å². The van der Waals surface area contributed by atoms with Crippen molar-refractivity contribution in [3.05, 3.63) is 24.4 Å². The average Bonchev–Trinajstić information content (AvgIpc) is 2.68. The number of carbonyl (C=O) groups excluding carboxylic acids is 1. The SMILES string of the molecule is O=C(NCN1CCOCC1)C(CN1CCOCC1)Sc1ccccn1. The molecule has 25 heavy (non-hydrogen) atoms. The lowest BCUT2D eigenvalue weighted by molar-refractivity contribution is -0.122. The molecule has 1 aromatic rings. The topological polar surface area (TPSA) is 66.9 Å². The fourth-order valence-electron chi connectivity index (χ4n) is 2.82. The summed E-state index contributed by atoms with van der Waals surface area (Å²) in [5.74, 6) is 0.0636. The van der Waals surface area contributed by atoms with Crippen LogP contribution in [0, 0.1) is 0 Å². The highest BCUT2D eigenvalue weighted by Gasteiger charge is 2.25. The monoisotopic (exact) mass is 366 g/mol. The third-order valence-corrected chi connectivity index (χ3v) is 5.43. The fourth-order valence-corrected chi connectivity index (χ4v) is 3.86. The number of morpholine rings is 2. The molecule has 0 radical (unpaired) electrons. The predicted octanol–water partition coefficient (Wildman–Crippen LogP) is 0.280. The first kappa shape index (κ1) is 18.6. The highest BCUT2D eigenvalue weighted by atomic mass is 32.2. The zero-order valence-corrected chi connectivity index (χ0v) is 15.2. The van der Waals surface area contributed by atoms with Gasteiger partial charge in [-0.1, -0.05) is 17.8 Å². The Labute approximate surface area is 153 Å². The van der Waals surface area contributed by atoms with Crippen LogP contribution in [0.15, 0.2) is 29.4 Å². The van der Waals surface area contributed by atoms with E-state index in [4.69, 9.17) is 9.47 Å². The van der Waals surface area contributed by atoms with E-state index >= 15 is 0 Å². The van der Waals surface area contributed by atoms with E-state index in [0.29, 0.717) is 13.2 Å². The van der Waals surface area contributed by atoms with Crippen molar-refractivity contribution in [1.82, 2.24) is 20.1 Å². The van der Waals surface area contributed by atoms with Crippen molar-refractivity contribution in [2.45, 2.75) is 10.3 Å². The highest BCUT2D eigenvalue weighted by Crippen LogP contribution is 2.22. The first-order valence-electron chi connectivity index (χ1n) is 8.77. The Balaban J connectivity index is 1.56. The lowest BCUT2D eigenvalue weighted by atomic mass is 10.3.